The normalized spacial score (nSPS) is 18.4. The molecular formula is C7H5FN4. The molecule has 0 atom stereocenters. The van der Waals surface area contributed by atoms with Crippen LogP contribution in [0.1, 0.15) is 5.56 Å². The highest BCUT2D eigenvalue weighted by atomic mass is 19.1. The maximum Gasteiger partial charge on any atom is 0.358 e. The highest BCUT2D eigenvalue weighted by Gasteiger charge is 2.34. The van der Waals surface area contributed by atoms with Gasteiger partial charge in [0.1, 0.15) is 0 Å². The van der Waals surface area contributed by atoms with Gasteiger partial charge in [0.25, 0.3) is 0 Å². The first-order valence-electron chi connectivity index (χ1n) is 3.40. The Morgan fingerprint density at radius 1 is 1.00 bits per heavy atom. The summed E-state index contributed by atoms with van der Waals surface area (Å²) in [5, 5.41) is 12.8. The Balaban J connectivity index is 2.43. The standard InChI is InChI=1S/C7H5FN4/c8-7(9-11-12-10-7)6-4-2-1-3-5-6/h1-5H. The number of rotatable bonds is 1. The third-order valence-corrected chi connectivity index (χ3v) is 1.54. The topological polar surface area (TPSA) is 49.4 Å². The Morgan fingerprint density at radius 2 is 1.58 bits per heavy atom. The third-order valence-electron chi connectivity index (χ3n) is 1.54. The minimum Gasteiger partial charge on any atom is -0.182 e. The number of halogens is 1. The van der Waals surface area contributed by atoms with E-state index >= 15 is 0 Å². The molecule has 1 aromatic rings. The predicted octanol–water partition coefficient (Wildman–Crippen LogP) is 2.60. The van der Waals surface area contributed by atoms with Crippen LogP contribution >= 0.6 is 0 Å². The van der Waals surface area contributed by atoms with Crippen LogP contribution in [-0.4, -0.2) is 0 Å². The fourth-order valence-electron chi connectivity index (χ4n) is 0.944. The van der Waals surface area contributed by atoms with Crippen LogP contribution in [-0.2, 0) is 5.92 Å². The first-order chi connectivity index (χ1) is 5.81. The van der Waals surface area contributed by atoms with E-state index in [1.807, 2.05) is 0 Å². The molecule has 0 unspecified atom stereocenters. The van der Waals surface area contributed by atoms with Gasteiger partial charge in [-0.2, -0.15) is 4.39 Å². The summed E-state index contributed by atoms with van der Waals surface area (Å²) in [6.07, 6.45) is 0. The van der Waals surface area contributed by atoms with E-state index in [9.17, 15) is 4.39 Å². The van der Waals surface area contributed by atoms with Crippen LogP contribution < -0.4 is 0 Å². The van der Waals surface area contributed by atoms with Gasteiger partial charge < -0.3 is 0 Å². The van der Waals surface area contributed by atoms with Crippen molar-refractivity contribution in [2.45, 2.75) is 5.92 Å². The molecule has 0 aliphatic carbocycles. The van der Waals surface area contributed by atoms with Crippen molar-refractivity contribution < 1.29 is 4.39 Å². The average Bonchev–Trinajstić information content (AvgIpc) is 2.55. The van der Waals surface area contributed by atoms with E-state index in [-0.39, 0.29) is 0 Å². The number of hydrogen-bond donors (Lipinski definition) is 0. The molecule has 0 amide bonds. The Morgan fingerprint density at radius 3 is 2.17 bits per heavy atom. The van der Waals surface area contributed by atoms with Gasteiger partial charge in [0, 0.05) is 5.56 Å². The van der Waals surface area contributed by atoms with Crippen LogP contribution in [0, 0.1) is 0 Å². The Bertz CT molecular complexity index is 321. The van der Waals surface area contributed by atoms with Crippen molar-refractivity contribution in [3.8, 4) is 0 Å². The Labute approximate surface area is 67.8 Å². The molecule has 60 valence electrons. The second-order valence-corrected chi connectivity index (χ2v) is 2.33. The summed E-state index contributed by atoms with van der Waals surface area (Å²) < 4.78 is 13.5. The molecule has 1 aromatic carbocycles. The van der Waals surface area contributed by atoms with Crippen molar-refractivity contribution in [2.75, 3.05) is 0 Å². The highest BCUT2D eigenvalue weighted by molar-refractivity contribution is 5.21. The fourth-order valence-corrected chi connectivity index (χ4v) is 0.944. The monoisotopic (exact) mass is 164 g/mol. The lowest BCUT2D eigenvalue weighted by atomic mass is 10.1. The summed E-state index contributed by atoms with van der Waals surface area (Å²) in [6.45, 7) is 0. The fraction of sp³-hybridized carbons (Fsp3) is 0.143. The van der Waals surface area contributed by atoms with Crippen molar-refractivity contribution in [3.63, 3.8) is 0 Å². The molecular weight excluding hydrogens is 159 g/mol. The molecule has 4 nitrogen and oxygen atoms in total. The minimum atomic E-state index is -2.10. The van der Waals surface area contributed by atoms with E-state index in [1.165, 1.54) is 0 Å². The molecule has 0 N–H and O–H groups in total. The van der Waals surface area contributed by atoms with Gasteiger partial charge in [0.15, 0.2) is 0 Å². The molecule has 0 bridgehead atoms. The summed E-state index contributed by atoms with van der Waals surface area (Å²) in [4.78, 5) is 0. The van der Waals surface area contributed by atoms with E-state index in [2.05, 4.69) is 20.7 Å². The first-order valence-corrected chi connectivity index (χ1v) is 3.40. The van der Waals surface area contributed by atoms with Gasteiger partial charge in [-0.15, -0.1) is 0 Å². The van der Waals surface area contributed by atoms with E-state index in [0.29, 0.717) is 5.56 Å². The minimum absolute atomic E-state index is 0.343. The Hall–Kier alpha value is -1.65. The van der Waals surface area contributed by atoms with Gasteiger partial charge in [0.05, 0.1) is 0 Å². The van der Waals surface area contributed by atoms with Gasteiger partial charge in [-0.1, -0.05) is 40.6 Å². The largest absolute Gasteiger partial charge is 0.358 e. The zero-order valence-corrected chi connectivity index (χ0v) is 6.05. The summed E-state index contributed by atoms with van der Waals surface area (Å²) in [5.41, 5.74) is 0.343. The molecule has 1 heterocycles. The van der Waals surface area contributed by atoms with Crippen molar-refractivity contribution in [3.05, 3.63) is 35.9 Å². The van der Waals surface area contributed by atoms with Crippen LogP contribution in [0.25, 0.3) is 0 Å². The molecule has 0 radical (unpaired) electrons. The lowest BCUT2D eigenvalue weighted by molar-refractivity contribution is 0.187. The lowest BCUT2D eigenvalue weighted by Crippen LogP contribution is -2.09. The van der Waals surface area contributed by atoms with Crippen LogP contribution in [0.15, 0.2) is 51.0 Å². The van der Waals surface area contributed by atoms with Gasteiger partial charge in [-0.25, -0.2) is 0 Å². The van der Waals surface area contributed by atoms with Crippen LogP contribution in [0.3, 0.4) is 0 Å². The summed E-state index contributed by atoms with van der Waals surface area (Å²) in [6, 6.07) is 8.38. The lowest BCUT2D eigenvalue weighted by Gasteiger charge is -2.07. The van der Waals surface area contributed by atoms with Crippen LogP contribution in [0.2, 0.25) is 0 Å². The molecule has 1 aliphatic rings. The molecule has 2 rings (SSSR count). The summed E-state index contributed by atoms with van der Waals surface area (Å²) in [7, 11) is 0. The van der Waals surface area contributed by atoms with Crippen molar-refractivity contribution in [1.29, 1.82) is 0 Å². The zero-order valence-electron chi connectivity index (χ0n) is 6.05. The van der Waals surface area contributed by atoms with E-state index in [0.717, 1.165) is 0 Å². The molecule has 0 fully saturated rings. The molecule has 1 aliphatic heterocycles. The number of benzene rings is 1. The summed E-state index contributed by atoms with van der Waals surface area (Å²) >= 11 is 0. The van der Waals surface area contributed by atoms with E-state index in [1.54, 1.807) is 30.3 Å². The molecule has 0 saturated heterocycles. The van der Waals surface area contributed by atoms with Crippen LogP contribution in [0.4, 0.5) is 4.39 Å². The van der Waals surface area contributed by atoms with E-state index in [4.69, 9.17) is 0 Å². The van der Waals surface area contributed by atoms with Crippen molar-refractivity contribution in [2.24, 2.45) is 20.7 Å². The smallest absolute Gasteiger partial charge is 0.182 e. The third kappa shape index (κ3) is 0.990. The molecule has 0 saturated carbocycles. The molecule has 5 heteroatoms. The maximum atomic E-state index is 13.5. The first kappa shape index (κ1) is 7.02. The molecule has 0 aromatic heterocycles. The van der Waals surface area contributed by atoms with Gasteiger partial charge >= 0.3 is 5.92 Å². The van der Waals surface area contributed by atoms with Gasteiger partial charge in [-0.05, 0) is 10.4 Å². The quantitative estimate of drug-likeness (QED) is 0.573. The van der Waals surface area contributed by atoms with Crippen LogP contribution in [0.5, 0.6) is 0 Å². The maximum absolute atomic E-state index is 13.5. The highest BCUT2D eigenvalue weighted by Crippen LogP contribution is 2.32. The molecule has 12 heavy (non-hydrogen) atoms. The summed E-state index contributed by atoms with van der Waals surface area (Å²) in [5.74, 6) is -2.10. The van der Waals surface area contributed by atoms with Crippen molar-refractivity contribution in [1.82, 2.24) is 0 Å². The van der Waals surface area contributed by atoms with E-state index < -0.39 is 5.92 Å². The number of nitrogens with zero attached hydrogens (tertiary/aromatic N) is 4. The van der Waals surface area contributed by atoms with Gasteiger partial charge in [0.2, 0.25) is 0 Å². The second kappa shape index (κ2) is 2.44. The van der Waals surface area contributed by atoms with Crippen molar-refractivity contribution >= 4 is 0 Å². The SMILES string of the molecule is FC1(c2ccccc2)N=NN=N1. The number of hydrogen-bond acceptors (Lipinski definition) is 4. The predicted molar refractivity (Wildman–Crippen MR) is 38.9 cm³/mol. The number of alkyl halides is 1. The molecule has 0 spiro atoms. The zero-order chi connectivity index (χ0) is 8.44. The van der Waals surface area contributed by atoms with Gasteiger partial charge in [-0.3, -0.25) is 0 Å². The Kier molecular flexibility index (Phi) is 1.43. The second-order valence-electron chi connectivity index (χ2n) is 2.33. The average molecular weight is 164 g/mol.